The number of aliphatic carboxylic acids is 3. The molecule has 3 amide bonds. The molecular formula is C101H116B3N12O12S3. The third kappa shape index (κ3) is 23.7. The van der Waals surface area contributed by atoms with Crippen LogP contribution in [-0.4, -0.2) is 211 Å². The van der Waals surface area contributed by atoms with E-state index in [0.29, 0.717) is 109 Å². The predicted octanol–water partition coefficient (Wildman–Crippen LogP) is 18.7. The van der Waals surface area contributed by atoms with Crippen molar-refractivity contribution >= 4 is 131 Å². The molecule has 3 aliphatic carbocycles. The summed E-state index contributed by atoms with van der Waals surface area (Å²) in [7, 11) is 10.0. The SMILES string of the molecule is C.C.Cc1nc(C)c(-c2ccc3cc(-c4c(C5CCCCC5)cc(/C=C/C(=O)O)n4CC(=O)N4CCOCC4)ccc3n2)s1.Cc1nc(C)c(-c2ccc3cc(-c4c(C5CCCCC5)cc(C#CC(=O)O)n4CC(=O)N4CCOCC4)ccc3n2)s1.Cc1nc(C)c(-c2ccc3cc(-c4c(C5CCCCC5)cc(CCC(=O)O)n4CC(=O)N4CCOCC4)ccc3n2)s1.[B][B][B]. The van der Waals surface area contributed by atoms with Gasteiger partial charge in [-0.2, -0.15) is 0 Å². The molecular weight excluding hydrogens is 1700 g/mol. The maximum atomic E-state index is 13.6. The van der Waals surface area contributed by atoms with Gasteiger partial charge in [-0.25, -0.2) is 39.5 Å². The summed E-state index contributed by atoms with van der Waals surface area (Å²) in [6.45, 7) is 19.1. The van der Waals surface area contributed by atoms with Gasteiger partial charge in [0.25, 0.3) is 0 Å². The van der Waals surface area contributed by atoms with E-state index in [4.69, 9.17) is 29.2 Å². The van der Waals surface area contributed by atoms with Gasteiger partial charge < -0.3 is 57.9 Å². The maximum Gasteiger partial charge on any atom is 0.382 e. The van der Waals surface area contributed by atoms with Crippen molar-refractivity contribution in [2.45, 2.75) is 203 Å². The van der Waals surface area contributed by atoms with E-state index >= 15 is 0 Å². The van der Waals surface area contributed by atoms with Gasteiger partial charge in [0.05, 0.1) is 149 Å². The number of carbonyl (C=O) groups is 6. The lowest BCUT2D eigenvalue weighted by atomic mass is 9.40. The lowest BCUT2D eigenvalue weighted by Gasteiger charge is -2.28. The second-order valence-corrected chi connectivity index (χ2v) is 37.6. The number of carbonyl (C=O) groups excluding carboxylic acids is 3. The van der Waals surface area contributed by atoms with Crippen LogP contribution in [0.15, 0.2) is 115 Å². The first-order valence-electron chi connectivity index (χ1n) is 45.0. The first kappa shape index (κ1) is 97.3. The number of rotatable bonds is 20. The summed E-state index contributed by atoms with van der Waals surface area (Å²) in [5, 5.41) is 34.4. The van der Waals surface area contributed by atoms with E-state index in [1.165, 1.54) is 56.1 Å². The third-order valence-electron chi connectivity index (χ3n) is 25.2. The number of pyridine rings is 3. The summed E-state index contributed by atoms with van der Waals surface area (Å²) in [4.78, 5) is 113. The molecule has 18 rings (SSSR count). The number of benzene rings is 3. The molecule has 131 heavy (non-hydrogen) atoms. The zero-order valence-electron chi connectivity index (χ0n) is 74.2. The van der Waals surface area contributed by atoms with Gasteiger partial charge in [-0.15, -0.1) is 34.0 Å². The Morgan fingerprint density at radius 1 is 0.443 bits per heavy atom. The first-order valence-corrected chi connectivity index (χ1v) is 47.4. The Bertz CT molecular complexity index is 6200. The van der Waals surface area contributed by atoms with Crippen LogP contribution in [0.25, 0.3) is 104 Å². The van der Waals surface area contributed by atoms with Crippen LogP contribution in [0.3, 0.4) is 0 Å². The summed E-state index contributed by atoms with van der Waals surface area (Å²) in [6, 6.07) is 37.7. The number of hydrogen-bond donors (Lipinski definition) is 3. The standard InChI is InChI=1S/C33H38N4O4S.C33H36N4O4S.C33H34N4O4S.2CH4.B3/c3*1-21-33(42-22(2)34-21)29-12-8-24-18-25(9-11-28(24)35-29)32-27(23-6-4-3-5-7-23)19-26(10-13-31(39)40)37(32)20-30(38)36-14-16-41-17-15-36;;;1-3-2/h8-9,11-12,18-19,23H,3-7,10,13-17,20H2,1-2H3,(H,39,40);8-13,18-19,23H,3-7,14-17,20H2,1-2H3,(H,39,40);8-9,11-12,18-19,23H,3-7,14-17,20H2,1-2H3,(H,39,40);2*1H4;/b;13-10+;;;;. The normalized spacial score (nSPS) is 15.7. The van der Waals surface area contributed by atoms with Gasteiger partial charge in [0.2, 0.25) is 17.7 Å². The van der Waals surface area contributed by atoms with Crippen molar-refractivity contribution in [2.75, 3.05) is 78.9 Å². The Kier molecular flexibility index (Phi) is 33.7. The highest BCUT2D eigenvalue weighted by molar-refractivity contribution is 7.17. The van der Waals surface area contributed by atoms with E-state index in [1.807, 2.05) is 83.6 Å². The van der Waals surface area contributed by atoms with Crippen molar-refractivity contribution in [1.29, 1.82) is 0 Å². The van der Waals surface area contributed by atoms with E-state index in [9.17, 15) is 44.1 Å². The maximum absolute atomic E-state index is 13.6. The number of aryl methyl sites for hydroxylation is 7. The topological polar surface area (TPSA) is 293 Å². The van der Waals surface area contributed by atoms with Gasteiger partial charge in [0.1, 0.15) is 19.6 Å². The van der Waals surface area contributed by atoms with Crippen LogP contribution < -0.4 is 0 Å². The molecule has 3 aromatic carbocycles. The van der Waals surface area contributed by atoms with Crippen LogP contribution in [-0.2, 0) is 69.0 Å². The molecule has 3 saturated heterocycles. The van der Waals surface area contributed by atoms with E-state index in [2.05, 4.69) is 138 Å². The van der Waals surface area contributed by atoms with Crippen molar-refractivity contribution in [3.63, 3.8) is 0 Å². The molecule has 3 saturated carbocycles. The number of amides is 3. The molecule has 6 fully saturated rings. The zero-order chi connectivity index (χ0) is 90.4. The number of morpholine rings is 3. The number of carboxylic acids is 3. The second-order valence-electron chi connectivity index (χ2n) is 34.0. The van der Waals surface area contributed by atoms with Gasteiger partial charge in [-0.05, 0) is 222 Å². The minimum atomic E-state index is -1.19. The van der Waals surface area contributed by atoms with Crippen molar-refractivity contribution in [1.82, 2.24) is 58.3 Å². The second kappa shape index (κ2) is 45.3. The Morgan fingerprint density at radius 2 is 0.786 bits per heavy atom. The van der Waals surface area contributed by atoms with Crippen molar-refractivity contribution < 1.29 is 58.3 Å². The highest BCUT2D eigenvalue weighted by atomic mass is 32.1. The largest absolute Gasteiger partial charge is 0.481 e. The highest BCUT2D eigenvalue weighted by Gasteiger charge is 2.33. The number of nitrogens with zero attached hydrogens (tertiary/aromatic N) is 12. The summed E-state index contributed by atoms with van der Waals surface area (Å²) in [5.41, 5.74) is 20.2. The quantitative estimate of drug-likeness (QED) is 0.0363. The van der Waals surface area contributed by atoms with Crippen LogP contribution >= 0.6 is 34.0 Å². The molecule has 9 aromatic heterocycles. The van der Waals surface area contributed by atoms with Crippen molar-refractivity contribution in [3.05, 3.63) is 181 Å². The van der Waals surface area contributed by atoms with Crippen LogP contribution in [0.2, 0.25) is 0 Å². The molecule has 6 aliphatic rings. The average molecular weight is 1820 g/mol. The van der Waals surface area contributed by atoms with E-state index in [-0.39, 0.29) is 58.6 Å². The minimum absolute atomic E-state index is 0. The number of aromatic nitrogens is 9. The summed E-state index contributed by atoms with van der Waals surface area (Å²) >= 11 is 4.96. The Morgan fingerprint density at radius 3 is 1.14 bits per heavy atom. The first-order chi connectivity index (χ1) is 62.5. The number of carboxylic acid groups (broad SMARTS) is 3. The summed E-state index contributed by atoms with van der Waals surface area (Å²) < 4.78 is 22.5. The van der Waals surface area contributed by atoms with Gasteiger partial charge >= 0.3 is 17.9 Å². The van der Waals surface area contributed by atoms with Crippen LogP contribution in [0.5, 0.6) is 0 Å². The fourth-order valence-corrected chi connectivity index (χ4v) is 21.7. The predicted molar refractivity (Wildman–Crippen MR) is 525 cm³/mol. The number of hydrogen-bond acceptors (Lipinski definition) is 18. The Labute approximate surface area is 782 Å². The van der Waals surface area contributed by atoms with Crippen molar-refractivity contribution in [3.8, 4) is 77.3 Å². The molecule has 5 radical (unpaired) electrons. The summed E-state index contributed by atoms with van der Waals surface area (Å²) in [5.74, 6) is 3.24. The number of thiazole rings is 3. The molecule has 3 N–H and O–H groups in total. The van der Waals surface area contributed by atoms with Gasteiger partial charge in [0, 0.05) is 101 Å². The molecule has 0 atom stereocenters. The molecule has 0 spiro atoms. The van der Waals surface area contributed by atoms with Gasteiger partial charge in [-0.3, -0.25) is 19.2 Å². The zero-order valence-corrected chi connectivity index (χ0v) is 76.7. The smallest absolute Gasteiger partial charge is 0.382 e. The molecule has 30 heteroatoms. The fraction of sp³-hybridized carbons (Fsp3) is 0.426. The lowest BCUT2D eigenvalue weighted by Crippen LogP contribution is -2.42. The molecule has 12 heterocycles. The van der Waals surface area contributed by atoms with Gasteiger partial charge in [0.15, 0.2) is 0 Å². The van der Waals surface area contributed by atoms with Crippen LogP contribution in [0.4, 0.5) is 0 Å². The minimum Gasteiger partial charge on any atom is -0.481 e. The Balaban J connectivity index is 0.000000163. The molecule has 0 unspecified atom stereocenters. The molecule has 24 nitrogen and oxygen atoms in total. The van der Waals surface area contributed by atoms with Crippen LogP contribution in [0.1, 0.15) is 201 Å². The Hall–Kier alpha value is -11.2. The molecule has 679 valence electrons. The monoisotopic (exact) mass is 1820 g/mol. The van der Waals surface area contributed by atoms with Gasteiger partial charge in [-0.1, -0.05) is 109 Å². The van der Waals surface area contributed by atoms with E-state index in [0.717, 1.165) is 212 Å². The third-order valence-corrected chi connectivity index (χ3v) is 28.5. The number of ether oxygens (including phenoxy) is 3. The van der Waals surface area contributed by atoms with E-state index in [1.54, 1.807) is 40.1 Å². The molecule has 12 aromatic rings. The average Bonchev–Trinajstić information content (AvgIpc) is 1.64. The highest BCUT2D eigenvalue weighted by Crippen LogP contribution is 2.46. The van der Waals surface area contributed by atoms with Crippen molar-refractivity contribution in [2.24, 2.45) is 0 Å². The summed E-state index contributed by atoms with van der Waals surface area (Å²) in [6.07, 6.45) is 20.4. The molecule has 0 bridgehead atoms. The fourth-order valence-electron chi connectivity index (χ4n) is 19.0. The number of fused-ring (bicyclic) bond motifs is 3. The molecule has 3 aliphatic heterocycles. The van der Waals surface area contributed by atoms with E-state index < -0.39 is 17.9 Å². The lowest BCUT2D eigenvalue weighted by molar-refractivity contribution is -0.137. The van der Waals surface area contributed by atoms with Crippen LogP contribution in [0, 0.1) is 53.4 Å².